The SMILES string of the molecule is CC(C)(C)OC(=O)N1CCN(CCO[N+](=O)[O-])CC1. The van der Waals surface area contributed by atoms with Crippen molar-refractivity contribution in [2.75, 3.05) is 39.3 Å². The summed E-state index contributed by atoms with van der Waals surface area (Å²) in [6, 6.07) is 0. The number of amides is 1. The molecule has 0 aromatic heterocycles. The van der Waals surface area contributed by atoms with Crippen LogP contribution < -0.4 is 0 Å². The summed E-state index contributed by atoms with van der Waals surface area (Å²) in [5, 5.41) is 9.22. The first-order valence-corrected chi connectivity index (χ1v) is 6.25. The zero-order valence-corrected chi connectivity index (χ0v) is 11.6. The van der Waals surface area contributed by atoms with Gasteiger partial charge in [0.2, 0.25) is 0 Å². The normalized spacial score (nSPS) is 17.1. The van der Waals surface area contributed by atoms with E-state index in [2.05, 4.69) is 4.84 Å². The van der Waals surface area contributed by atoms with Crippen LogP contribution in [0.1, 0.15) is 20.8 Å². The van der Waals surface area contributed by atoms with E-state index in [1.807, 2.05) is 25.7 Å². The second-order valence-electron chi connectivity index (χ2n) is 5.37. The summed E-state index contributed by atoms with van der Waals surface area (Å²) < 4.78 is 5.28. The van der Waals surface area contributed by atoms with E-state index < -0.39 is 10.7 Å². The topological polar surface area (TPSA) is 85.2 Å². The maximum Gasteiger partial charge on any atom is 0.410 e. The molecule has 0 atom stereocenters. The first-order chi connectivity index (χ1) is 8.78. The Labute approximate surface area is 112 Å². The lowest BCUT2D eigenvalue weighted by atomic mass is 10.2. The number of hydrogen-bond acceptors (Lipinski definition) is 6. The summed E-state index contributed by atoms with van der Waals surface area (Å²) in [6.45, 7) is 8.49. The molecule has 8 heteroatoms. The number of carbonyl (C=O) groups excluding carboxylic acids is 1. The van der Waals surface area contributed by atoms with Crippen molar-refractivity contribution in [2.45, 2.75) is 26.4 Å². The van der Waals surface area contributed by atoms with Gasteiger partial charge in [-0.15, -0.1) is 10.1 Å². The van der Waals surface area contributed by atoms with Crippen LogP contribution in [0.5, 0.6) is 0 Å². The van der Waals surface area contributed by atoms with Crippen LogP contribution in [0.15, 0.2) is 0 Å². The summed E-state index contributed by atoms with van der Waals surface area (Å²) >= 11 is 0. The molecule has 0 aliphatic carbocycles. The first-order valence-electron chi connectivity index (χ1n) is 6.25. The zero-order chi connectivity index (χ0) is 14.5. The van der Waals surface area contributed by atoms with Crippen LogP contribution in [0.3, 0.4) is 0 Å². The van der Waals surface area contributed by atoms with Crippen molar-refractivity contribution in [3.05, 3.63) is 10.1 Å². The molecule has 0 aromatic carbocycles. The Balaban J connectivity index is 2.25. The number of nitrogens with zero attached hydrogens (tertiary/aromatic N) is 3. The van der Waals surface area contributed by atoms with E-state index in [1.165, 1.54) is 0 Å². The molecular formula is C11H21N3O5. The quantitative estimate of drug-likeness (QED) is 0.556. The molecule has 0 bridgehead atoms. The van der Waals surface area contributed by atoms with Crippen LogP contribution in [0.4, 0.5) is 4.79 Å². The Bertz CT molecular complexity index is 321. The van der Waals surface area contributed by atoms with Crippen LogP contribution in [0, 0.1) is 10.1 Å². The van der Waals surface area contributed by atoms with Gasteiger partial charge in [-0.1, -0.05) is 0 Å². The fraction of sp³-hybridized carbons (Fsp3) is 0.909. The van der Waals surface area contributed by atoms with E-state index in [4.69, 9.17) is 4.74 Å². The average Bonchev–Trinajstić information content (AvgIpc) is 2.27. The Hall–Kier alpha value is -1.57. The van der Waals surface area contributed by atoms with Crippen molar-refractivity contribution < 1.29 is 19.5 Å². The smallest absolute Gasteiger partial charge is 0.410 e. The lowest BCUT2D eigenvalue weighted by Crippen LogP contribution is -2.50. The van der Waals surface area contributed by atoms with Crippen molar-refractivity contribution in [3.63, 3.8) is 0 Å². The molecule has 1 saturated heterocycles. The minimum Gasteiger partial charge on any atom is -0.444 e. The van der Waals surface area contributed by atoms with Crippen LogP contribution in [0.25, 0.3) is 0 Å². The van der Waals surface area contributed by atoms with Gasteiger partial charge in [-0.05, 0) is 20.8 Å². The van der Waals surface area contributed by atoms with Gasteiger partial charge in [0, 0.05) is 32.7 Å². The van der Waals surface area contributed by atoms with Gasteiger partial charge in [-0.25, -0.2) is 4.79 Å². The minimum absolute atomic E-state index is 0.0550. The molecule has 1 fully saturated rings. The fourth-order valence-electron chi connectivity index (χ4n) is 1.72. The molecule has 0 unspecified atom stereocenters. The predicted octanol–water partition coefficient (Wildman–Crippen LogP) is 0.747. The number of piperazine rings is 1. The van der Waals surface area contributed by atoms with Crippen LogP contribution >= 0.6 is 0 Å². The second kappa shape index (κ2) is 6.55. The molecule has 19 heavy (non-hydrogen) atoms. The lowest BCUT2D eigenvalue weighted by Gasteiger charge is -2.35. The maximum atomic E-state index is 11.8. The maximum absolute atomic E-state index is 11.8. The first kappa shape index (κ1) is 15.5. The van der Waals surface area contributed by atoms with Gasteiger partial charge in [-0.3, -0.25) is 4.90 Å². The summed E-state index contributed by atoms with van der Waals surface area (Å²) in [4.78, 5) is 29.7. The van der Waals surface area contributed by atoms with E-state index in [9.17, 15) is 14.9 Å². The number of carbonyl (C=O) groups is 1. The van der Waals surface area contributed by atoms with Gasteiger partial charge >= 0.3 is 6.09 Å². The van der Waals surface area contributed by atoms with Crippen molar-refractivity contribution in [2.24, 2.45) is 0 Å². The van der Waals surface area contributed by atoms with E-state index >= 15 is 0 Å². The third-order valence-corrected chi connectivity index (χ3v) is 2.63. The van der Waals surface area contributed by atoms with E-state index in [0.29, 0.717) is 32.7 Å². The molecule has 0 aromatic rings. The number of rotatable bonds is 4. The van der Waals surface area contributed by atoms with Gasteiger partial charge in [-0.2, -0.15) is 0 Å². The molecule has 8 nitrogen and oxygen atoms in total. The average molecular weight is 275 g/mol. The largest absolute Gasteiger partial charge is 0.444 e. The second-order valence-corrected chi connectivity index (χ2v) is 5.37. The van der Waals surface area contributed by atoms with Gasteiger partial charge in [0.25, 0.3) is 5.09 Å². The van der Waals surface area contributed by atoms with Crippen LogP contribution in [0.2, 0.25) is 0 Å². The van der Waals surface area contributed by atoms with Crippen molar-refractivity contribution >= 4 is 6.09 Å². The molecular weight excluding hydrogens is 254 g/mol. The molecule has 0 saturated carbocycles. The predicted molar refractivity (Wildman–Crippen MR) is 67.2 cm³/mol. The Morgan fingerprint density at radius 3 is 2.32 bits per heavy atom. The molecule has 1 aliphatic rings. The zero-order valence-electron chi connectivity index (χ0n) is 11.6. The molecule has 1 heterocycles. The fourth-order valence-corrected chi connectivity index (χ4v) is 1.72. The van der Waals surface area contributed by atoms with E-state index in [-0.39, 0.29) is 12.7 Å². The highest BCUT2D eigenvalue weighted by Crippen LogP contribution is 2.11. The summed E-state index contributed by atoms with van der Waals surface area (Å²) in [6.07, 6.45) is -0.311. The van der Waals surface area contributed by atoms with Crippen LogP contribution in [-0.4, -0.2) is 65.9 Å². The highest BCUT2D eigenvalue weighted by Gasteiger charge is 2.25. The summed E-state index contributed by atoms with van der Waals surface area (Å²) in [5.74, 6) is 0. The van der Waals surface area contributed by atoms with Gasteiger partial charge in [0.05, 0.1) is 0 Å². The van der Waals surface area contributed by atoms with Crippen molar-refractivity contribution in [1.82, 2.24) is 9.80 Å². The minimum atomic E-state index is -0.795. The molecule has 110 valence electrons. The molecule has 1 rings (SSSR count). The number of ether oxygens (including phenoxy) is 1. The highest BCUT2D eigenvalue weighted by atomic mass is 16.9. The monoisotopic (exact) mass is 275 g/mol. The van der Waals surface area contributed by atoms with E-state index in [0.717, 1.165) is 0 Å². The third kappa shape index (κ3) is 6.23. The Morgan fingerprint density at radius 2 is 1.84 bits per heavy atom. The molecule has 1 aliphatic heterocycles. The molecule has 0 spiro atoms. The third-order valence-electron chi connectivity index (χ3n) is 2.63. The Kier molecular flexibility index (Phi) is 5.34. The summed E-state index contributed by atoms with van der Waals surface area (Å²) in [7, 11) is 0. The standard InChI is InChI=1S/C11H21N3O5/c1-11(2,3)19-10(15)13-6-4-12(5-7-13)8-9-18-14(16)17/h4-9H2,1-3H3. The van der Waals surface area contributed by atoms with Gasteiger partial charge < -0.3 is 14.5 Å². The molecule has 1 amide bonds. The van der Waals surface area contributed by atoms with Gasteiger partial charge in [0.1, 0.15) is 12.2 Å². The lowest BCUT2D eigenvalue weighted by molar-refractivity contribution is -0.757. The van der Waals surface area contributed by atoms with Crippen molar-refractivity contribution in [1.29, 1.82) is 0 Å². The number of hydrogen-bond donors (Lipinski definition) is 0. The molecule has 0 N–H and O–H groups in total. The molecule has 0 radical (unpaired) electrons. The highest BCUT2D eigenvalue weighted by molar-refractivity contribution is 5.68. The summed E-state index contributed by atoms with van der Waals surface area (Å²) in [5.41, 5.74) is -0.492. The van der Waals surface area contributed by atoms with Gasteiger partial charge in [0.15, 0.2) is 0 Å². The van der Waals surface area contributed by atoms with Crippen molar-refractivity contribution in [3.8, 4) is 0 Å². The van der Waals surface area contributed by atoms with E-state index in [1.54, 1.807) is 4.90 Å². The van der Waals surface area contributed by atoms with Crippen LogP contribution in [-0.2, 0) is 9.57 Å². The Morgan fingerprint density at radius 1 is 1.26 bits per heavy atom.